The third-order valence-corrected chi connectivity index (χ3v) is 3.92. The molecule has 2 aliphatic rings. The van der Waals surface area contributed by atoms with E-state index in [4.69, 9.17) is 10.5 Å². The smallest absolute Gasteiger partial charge is 0.108 e. The van der Waals surface area contributed by atoms with Crippen LogP contribution in [-0.4, -0.2) is 29.5 Å². The van der Waals surface area contributed by atoms with Gasteiger partial charge in [-0.15, -0.1) is 0 Å². The van der Waals surface area contributed by atoms with Crippen LogP contribution >= 0.6 is 0 Å². The second kappa shape index (κ2) is 3.80. The number of aliphatic hydroxyl groups is 1. The molecule has 1 unspecified atom stereocenters. The zero-order valence-electron chi connectivity index (χ0n) is 8.80. The van der Waals surface area contributed by atoms with Crippen LogP contribution in [0, 0.1) is 0 Å². The average Bonchev–Trinajstić information content (AvgIpc) is 2.48. The molecule has 0 spiro atoms. The van der Waals surface area contributed by atoms with Crippen LogP contribution in [0.4, 0.5) is 0 Å². The van der Waals surface area contributed by atoms with Crippen molar-refractivity contribution in [2.75, 3.05) is 13.2 Å². The summed E-state index contributed by atoms with van der Waals surface area (Å²) >= 11 is 0. The van der Waals surface area contributed by atoms with Gasteiger partial charge in [0.25, 0.3) is 0 Å². The fourth-order valence-corrected chi connectivity index (χ4v) is 2.77. The van der Waals surface area contributed by atoms with Crippen LogP contribution in [0.1, 0.15) is 44.9 Å². The van der Waals surface area contributed by atoms with E-state index in [0.29, 0.717) is 19.6 Å². The molecular formula is C11H21NO2. The molecule has 1 saturated carbocycles. The molecule has 2 rings (SSSR count). The van der Waals surface area contributed by atoms with Crippen molar-refractivity contribution in [3.05, 3.63) is 0 Å². The van der Waals surface area contributed by atoms with Crippen molar-refractivity contribution in [1.82, 2.24) is 0 Å². The lowest BCUT2D eigenvalue weighted by Gasteiger charge is -2.41. The zero-order chi connectivity index (χ0) is 10.1. The van der Waals surface area contributed by atoms with E-state index in [1.165, 1.54) is 12.8 Å². The highest BCUT2D eigenvalue weighted by atomic mass is 16.5. The predicted octanol–water partition coefficient (Wildman–Crippen LogP) is 1.19. The second-order valence-corrected chi connectivity index (χ2v) is 4.90. The van der Waals surface area contributed by atoms with E-state index in [0.717, 1.165) is 25.7 Å². The van der Waals surface area contributed by atoms with Crippen LogP contribution in [0.15, 0.2) is 0 Å². The second-order valence-electron chi connectivity index (χ2n) is 4.90. The van der Waals surface area contributed by atoms with Crippen molar-refractivity contribution in [1.29, 1.82) is 0 Å². The number of ether oxygens (including phenoxy) is 1. The van der Waals surface area contributed by atoms with Crippen molar-refractivity contribution in [3.8, 4) is 0 Å². The molecule has 3 heteroatoms. The number of rotatable bonds is 1. The van der Waals surface area contributed by atoms with Crippen molar-refractivity contribution >= 4 is 0 Å². The Morgan fingerprint density at radius 3 is 2.14 bits per heavy atom. The highest BCUT2D eigenvalue weighted by Crippen LogP contribution is 2.38. The molecular weight excluding hydrogens is 178 g/mol. The largest absolute Gasteiger partial charge is 0.385 e. The first kappa shape index (κ1) is 10.4. The molecule has 2 fully saturated rings. The Kier molecular flexibility index (Phi) is 2.82. The van der Waals surface area contributed by atoms with Gasteiger partial charge in [-0.2, -0.15) is 0 Å². The Bertz CT molecular complexity index is 191. The quantitative estimate of drug-likeness (QED) is 0.624. The Hall–Kier alpha value is -0.120. The first-order valence-electron chi connectivity index (χ1n) is 5.75. The molecule has 3 N–H and O–H groups in total. The third-order valence-electron chi connectivity index (χ3n) is 3.92. The van der Waals surface area contributed by atoms with Gasteiger partial charge in [0.2, 0.25) is 0 Å². The Morgan fingerprint density at radius 2 is 1.64 bits per heavy atom. The molecule has 0 bridgehead atoms. The summed E-state index contributed by atoms with van der Waals surface area (Å²) in [7, 11) is 0. The molecule has 1 saturated heterocycles. The molecule has 0 radical (unpaired) electrons. The predicted molar refractivity (Wildman–Crippen MR) is 55.0 cm³/mol. The summed E-state index contributed by atoms with van der Waals surface area (Å²) in [6.45, 7) is 1.10. The monoisotopic (exact) mass is 199 g/mol. The van der Waals surface area contributed by atoms with Crippen LogP contribution < -0.4 is 5.73 Å². The molecule has 0 amide bonds. The maximum Gasteiger partial charge on any atom is 0.108 e. The standard InChI is InChI=1S/C11H21NO2/c12-10(5-3-1-2-4-6-10)11(13)7-8-14-9-11/h13H,1-9,12H2. The van der Waals surface area contributed by atoms with E-state index in [9.17, 15) is 5.11 Å². The van der Waals surface area contributed by atoms with Crippen molar-refractivity contribution in [2.45, 2.75) is 56.1 Å². The maximum absolute atomic E-state index is 10.5. The summed E-state index contributed by atoms with van der Waals surface area (Å²) in [5.74, 6) is 0. The van der Waals surface area contributed by atoms with Gasteiger partial charge in [-0.25, -0.2) is 0 Å². The Morgan fingerprint density at radius 1 is 1.00 bits per heavy atom. The molecule has 14 heavy (non-hydrogen) atoms. The van der Waals surface area contributed by atoms with E-state index in [1.54, 1.807) is 0 Å². The molecule has 1 atom stereocenters. The SMILES string of the molecule is NC1(C2(O)CCOC2)CCCCCC1. The number of hydrogen-bond acceptors (Lipinski definition) is 3. The molecule has 1 aliphatic heterocycles. The van der Waals surface area contributed by atoms with E-state index in [2.05, 4.69) is 0 Å². The van der Waals surface area contributed by atoms with E-state index in [-0.39, 0.29) is 5.54 Å². The maximum atomic E-state index is 10.5. The summed E-state index contributed by atoms with van der Waals surface area (Å²) in [4.78, 5) is 0. The van der Waals surface area contributed by atoms with Gasteiger partial charge < -0.3 is 15.6 Å². The van der Waals surface area contributed by atoms with Crippen LogP contribution in [0.5, 0.6) is 0 Å². The van der Waals surface area contributed by atoms with Crippen molar-refractivity contribution < 1.29 is 9.84 Å². The minimum atomic E-state index is -0.753. The Labute approximate surface area is 85.6 Å². The summed E-state index contributed by atoms with van der Waals surface area (Å²) in [6.07, 6.45) is 7.44. The first-order chi connectivity index (χ1) is 6.66. The van der Waals surface area contributed by atoms with E-state index < -0.39 is 5.60 Å². The van der Waals surface area contributed by atoms with Gasteiger partial charge in [-0.3, -0.25) is 0 Å². The highest BCUT2D eigenvalue weighted by Gasteiger charge is 2.49. The minimum absolute atomic E-state index is 0.389. The van der Waals surface area contributed by atoms with E-state index in [1.807, 2.05) is 0 Å². The molecule has 82 valence electrons. The molecule has 3 nitrogen and oxygen atoms in total. The summed E-state index contributed by atoms with van der Waals surface area (Å²) in [5.41, 5.74) is 5.23. The minimum Gasteiger partial charge on any atom is -0.385 e. The van der Waals surface area contributed by atoms with Gasteiger partial charge >= 0.3 is 0 Å². The normalized spacial score (nSPS) is 38.1. The average molecular weight is 199 g/mol. The summed E-state index contributed by atoms with van der Waals surface area (Å²) < 4.78 is 5.29. The van der Waals surface area contributed by atoms with Gasteiger partial charge in [0.05, 0.1) is 6.61 Å². The topological polar surface area (TPSA) is 55.5 Å². The lowest BCUT2D eigenvalue weighted by molar-refractivity contribution is -0.0471. The fourth-order valence-electron chi connectivity index (χ4n) is 2.77. The van der Waals surface area contributed by atoms with Crippen LogP contribution in [0.2, 0.25) is 0 Å². The van der Waals surface area contributed by atoms with Gasteiger partial charge in [0.1, 0.15) is 5.60 Å². The van der Waals surface area contributed by atoms with Crippen molar-refractivity contribution in [2.24, 2.45) is 5.73 Å². The molecule has 0 aromatic rings. The lowest BCUT2D eigenvalue weighted by atomic mass is 9.74. The fraction of sp³-hybridized carbons (Fsp3) is 1.00. The number of hydrogen-bond donors (Lipinski definition) is 2. The van der Waals surface area contributed by atoms with Gasteiger partial charge in [-0.1, -0.05) is 25.7 Å². The molecule has 1 aliphatic carbocycles. The van der Waals surface area contributed by atoms with Gasteiger partial charge in [0, 0.05) is 18.6 Å². The van der Waals surface area contributed by atoms with Crippen LogP contribution in [0.25, 0.3) is 0 Å². The Balaban J connectivity index is 2.11. The van der Waals surface area contributed by atoms with Gasteiger partial charge in [0.15, 0.2) is 0 Å². The third kappa shape index (κ3) is 1.69. The van der Waals surface area contributed by atoms with Gasteiger partial charge in [-0.05, 0) is 12.8 Å². The zero-order valence-corrected chi connectivity index (χ0v) is 8.80. The van der Waals surface area contributed by atoms with Crippen molar-refractivity contribution in [3.63, 3.8) is 0 Å². The number of nitrogens with two attached hydrogens (primary N) is 1. The summed E-state index contributed by atoms with van der Waals surface area (Å²) in [5, 5.41) is 10.5. The van der Waals surface area contributed by atoms with Crippen LogP contribution in [0.3, 0.4) is 0 Å². The van der Waals surface area contributed by atoms with E-state index >= 15 is 0 Å². The lowest BCUT2D eigenvalue weighted by Crippen LogP contribution is -2.60. The van der Waals surface area contributed by atoms with Crippen LogP contribution in [-0.2, 0) is 4.74 Å². The molecule has 0 aromatic heterocycles. The summed E-state index contributed by atoms with van der Waals surface area (Å²) in [6, 6.07) is 0. The first-order valence-corrected chi connectivity index (χ1v) is 5.75. The highest BCUT2D eigenvalue weighted by molar-refractivity contribution is 5.06. The molecule has 0 aromatic carbocycles. The molecule has 1 heterocycles.